The third kappa shape index (κ3) is 4.85. The fraction of sp³-hybridized carbons (Fsp3) is 0.611. The van der Waals surface area contributed by atoms with Crippen molar-refractivity contribution in [1.29, 1.82) is 0 Å². The molecule has 1 aliphatic carbocycles. The Morgan fingerprint density at radius 1 is 1.24 bits per heavy atom. The van der Waals surface area contributed by atoms with Crippen molar-refractivity contribution in [1.82, 2.24) is 0 Å². The average molecular weight is 289 g/mol. The van der Waals surface area contributed by atoms with Crippen LogP contribution in [0.5, 0.6) is 5.75 Å². The van der Waals surface area contributed by atoms with Crippen molar-refractivity contribution < 1.29 is 9.53 Å². The lowest BCUT2D eigenvalue weighted by molar-refractivity contribution is 0.0984. The van der Waals surface area contributed by atoms with E-state index in [1.165, 1.54) is 38.5 Å². The van der Waals surface area contributed by atoms with Gasteiger partial charge in [-0.1, -0.05) is 44.7 Å². The van der Waals surface area contributed by atoms with E-state index < -0.39 is 0 Å². The van der Waals surface area contributed by atoms with Crippen LogP contribution >= 0.6 is 0 Å². The quantitative estimate of drug-likeness (QED) is 0.637. The Labute approximate surface area is 127 Å². The van der Waals surface area contributed by atoms with Crippen LogP contribution in [0.1, 0.15) is 62.2 Å². The summed E-state index contributed by atoms with van der Waals surface area (Å²) in [5.74, 6) is 0.881. The summed E-state index contributed by atoms with van der Waals surface area (Å²) < 4.78 is 5.99. The van der Waals surface area contributed by atoms with E-state index in [0.717, 1.165) is 12.4 Å². The third-order valence-electron chi connectivity index (χ3n) is 4.43. The van der Waals surface area contributed by atoms with Gasteiger partial charge < -0.3 is 10.5 Å². The topological polar surface area (TPSA) is 52.3 Å². The van der Waals surface area contributed by atoms with E-state index in [2.05, 4.69) is 6.92 Å². The Hall–Kier alpha value is -1.35. The number of hydrogen-bond donors (Lipinski definition) is 1. The monoisotopic (exact) mass is 289 g/mol. The van der Waals surface area contributed by atoms with Crippen molar-refractivity contribution in [3.05, 3.63) is 29.8 Å². The van der Waals surface area contributed by atoms with E-state index in [0.29, 0.717) is 18.5 Å². The molecule has 1 aromatic rings. The second-order valence-electron chi connectivity index (χ2n) is 6.50. The zero-order valence-electron chi connectivity index (χ0n) is 13.1. The molecule has 0 saturated heterocycles. The minimum absolute atomic E-state index is 0.0867. The summed E-state index contributed by atoms with van der Waals surface area (Å²) in [5.41, 5.74) is 6.41. The first-order valence-electron chi connectivity index (χ1n) is 8.09. The van der Waals surface area contributed by atoms with Crippen molar-refractivity contribution in [2.75, 3.05) is 13.2 Å². The van der Waals surface area contributed by atoms with Crippen molar-refractivity contribution in [2.24, 2.45) is 11.1 Å². The molecular formula is C18H27NO2. The molecule has 116 valence electrons. The maximum Gasteiger partial charge on any atom is 0.164 e. The molecular weight excluding hydrogens is 262 g/mol. The molecule has 3 heteroatoms. The molecule has 0 atom stereocenters. The number of hydrogen-bond acceptors (Lipinski definition) is 3. The Morgan fingerprint density at radius 2 is 1.95 bits per heavy atom. The maximum absolute atomic E-state index is 11.9. The largest absolute Gasteiger partial charge is 0.493 e. The number of nitrogens with two attached hydrogens (primary N) is 1. The normalized spacial score (nSPS) is 18.0. The van der Waals surface area contributed by atoms with Gasteiger partial charge in [0.1, 0.15) is 5.75 Å². The minimum atomic E-state index is 0.0867. The summed E-state index contributed by atoms with van der Waals surface area (Å²) in [5, 5.41) is 0. The lowest BCUT2D eigenvalue weighted by atomic mass is 9.83. The SMILES string of the molecule is CC1(COc2cccc(C(=O)CCN)c2)CCCCCC1. The highest BCUT2D eigenvalue weighted by Gasteiger charge is 2.26. The maximum atomic E-state index is 11.9. The smallest absolute Gasteiger partial charge is 0.164 e. The lowest BCUT2D eigenvalue weighted by Crippen LogP contribution is -2.24. The number of rotatable bonds is 6. The van der Waals surface area contributed by atoms with Crippen LogP contribution in [0.2, 0.25) is 0 Å². The first-order valence-corrected chi connectivity index (χ1v) is 8.09. The van der Waals surface area contributed by atoms with Crippen molar-refractivity contribution in [2.45, 2.75) is 51.9 Å². The number of Topliss-reactive ketones (excluding diaryl/α,β-unsaturated/α-hetero) is 1. The molecule has 0 unspecified atom stereocenters. The lowest BCUT2D eigenvalue weighted by Gasteiger charge is -2.28. The summed E-state index contributed by atoms with van der Waals surface area (Å²) in [6.07, 6.45) is 8.15. The van der Waals surface area contributed by atoms with Gasteiger partial charge in [0.25, 0.3) is 0 Å². The van der Waals surface area contributed by atoms with Crippen LogP contribution in [0.4, 0.5) is 0 Å². The van der Waals surface area contributed by atoms with Gasteiger partial charge in [-0.25, -0.2) is 0 Å². The van der Waals surface area contributed by atoms with Crippen LogP contribution in [0.15, 0.2) is 24.3 Å². The summed E-state index contributed by atoms with van der Waals surface area (Å²) in [7, 11) is 0. The van der Waals surface area contributed by atoms with E-state index >= 15 is 0 Å². The predicted octanol–water partition coefficient (Wildman–Crippen LogP) is 3.96. The molecule has 0 bridgehead atoms. The highest BCUT2D eigenvalue weighted by atomic mass is 16.5. The van der Waals surface area contributed by atoms with Gasteiger partial charge in [0.15, 0.2) is 5.78 Å². The van der Waals surface area contributed by atoms with Gasteiger partial charge in [-0.3, -0.25) is 4.79 Å². The fourth-order valence-corrected chi connectivity index (χ4v) is 3.02. The Kier molecular flexibility index (Phi) is 5.80. The fourth-order valence-electron chi connectivity index (χ4n) is 3.02. The van der Waals surface area contributed by atoms with Gasteiger partial charge in [-0.05, 0) is 31.5 Å². The minimum Gasteiger partial charge on any atom is -0.493 e. The van der Waals surface area contributed by atoms with E-state index in [9.17, 15) is 4.79 Å². The van der Waals surface area contributed by atoms with Gasteiger partial charge in [0.2, 0.25) is 0 Å². The molecule has 21 heavy (non-hydrogen) atoms. The second-order valence-corrected chi connectivity index (χ2v) is 6.50. The Balaban J connectivity index is 1.96. The van der Waals surface area contributed by atoms with E-state index in [1.54, 1.807) is 0 Å². The van der Waals surface area contributed by atoms with Crippen molar-refractivity contribution >= 4 is 5.78 Å². The van der Waals surface area contributed by atoms with Gasteiger partial charge in [0, 0.05) is 17.4 Å². The molecule has 0 aromatic heterocycles. The molecule has 1 aliphatic rings. The van der Waals surface area contributed by atoms with Crippen molar-refractivity contribution in [3.8, 4) is 5.75 Å². The van der Waals surface area contributed by atoms with Crippen LogP contribution in [-0.2, 0) is 0 Å². The standard InChI is InChI=1S/C18H27NO2/c1-18(10-4-2-3-5-11-18)14-21-16-8-6-7-15(13-16)17(20)9-12-19/h6-8,13H,2-5,9-12,14,19H2,1H3. The predicted molar refractivity (Wildman–Crippen MR) is 85.7 cm³/mol. The van der Waals surface area contributed by atoms with Gasteiger partial charge in [-0.2, -0.15) is 0 Å². The number of ketones is 1. The first kappa shape index (κ1) is 16.0. The average Bonchev–Trinajstić information content (AvgIpc) is 2.71. The number of ether oxygens (including phenoxy) is 1. The highest BCUT2D eigenvalue weighted by Crippen LogP contribution is 2.35. The van der Waals surface area contributed by atoms with Crippen LogP contribution in [-0.4, -0.2) is 18.9 Å². The van der Waals surface area contributed by atoms with Gasteiger partial charge in [0.05, 0.1) is 6.61 Å². The van der Waals surface area contributed by atoms with Crippen LogP contribution in [0.3, 0.4) is 0 Å². The van der Waals surface area contributed by atoms with E-state index in [-0.39, 0.29) is 11.2 Å². The molecule has 3 nitrogen and oxygen atoms in total. The molecule has 1 saturated carbocycles. The molecule has 2 rings (SSSR count). The molecule has 1 aromatic carbocycles. The van der Waals surface area contributed by atoms with Crippen molar-refractivity contribution in [3.63, 3.8) is 0 Å². The second kappa shape index (κ2) is 7.60. The number of carbonyl (C=O) groups excluding carboxylic acids is 1. The molecule has 0 amide bonds. The molecule has 0 heterocycles. The summed E-state index contributed by atoms with van der Waals surface area (Å²) >= 11 is 0. The molecule has 1 fully saturated rings. The van der Waals surface area contributed by atoms with Crippen LogP contribution < -0.4 is 10.5 Å². The summed E-state index contributed by atoms with van der Waals surface area (Å²) in [6, 6.07) is 7.49. The molecule has 2 N–H and O–H groups in total. The Bertz CT molecular complexity index is 462. The Morgan fingerprint density at radius 3 is 2.62 bits per heavy atom. The zero-order valence-corrected chi connectivity index (χ0v) is 13.1. The van der Waals surface area contributed by atoms with Gasteiger partial charge in [-0.15, -0.1) is 0 Å². The van der Waals surface area contributed by atoms with Crippen LogP contribution in [0, 0.1) is 5.41 Å². The zero-order chi connectivity index (χ0) is 15.1. The number of carbonyl (C=O) groups is 1. The summed E-state index contributed by atoms with van der Waals surface area (Å²) in [4.78, 5) is 11.9. The summed E-state index contributed by atoms with van der Waals surface area (Å²) in [6.45, 7) is 3.45. The van der Waals surface area contributed by atoms with E-state index in [1.807, 2.05) is 24.3 Å². The van der Waals surface area contributed by atoms with E-state index in [4.69, 9.17) is 10.5 Å². The van der Waals surface area contributed by atoms with Gasteiger partial charge >= 0.3 is 0 Å². The van der Waals surface area contributed by atoms with Crippen LogP contribution in [0.25, 0.3) is 0 Å². The first-order chi connectivity index (χ1) is 10.1. The molecule has 0 aliphatic heterocycles. The third-order valence-corrected chi connectivity index (χ3v) is 4.43. The molecule has 0 spiro atoms. The molecule has 0 radical (unpaired) electrons. The highest BCUT2D eigenvalue weighted by molar-refractivity contribution is 5.96. The number of benzene rings is 1.